The van der Waals surface area contributed by atoms with Gasteiger partial charge < -0.3 is 0 Å². The first kappa shape index (κ1) is 10.8. The van der Waals surface area contributed by atoms with Gasteiger partial charge in [-0.25, -0.2) is 0 Å². The largest absolute Gasteiger partial charge is 0.476 e. The summed E-state index contributed by atoms with van der Waals surface area (Å²) in [4.78, 5) is 0. The van der Waals surface area contributed by atoms with Crippen LogP contribution in [0.2, 0.25) is 0 Å². The summed E-state index contributed by atoms with van der Waals surface area (Å²) in [6, 6.07) is 0. The molecule has 1 rings (SSSR count). The summed E-state index contributed by atoms with van der Waals surface area (Å²) in [5, 5.41) is 0. The highest BCUT2D eigenvalue weighted by Gasteiger charge is 1.95. The Hall–Kier alpha value is -0.190. The minimum Gasteiger partial charge on any atom is -0.160 e. The van der Waals surface area contributed by atoms with Gasteiger partial charge in [0.15, 0.2) is 0 Å². The van der Waals surface area contributed by atoms with Crippen LogP contribution in [0, 0.1) is 0 Å². The Kier molecular flexibility index (Phi) is 5.36. The molecule has 2 nitrogen and oxygen atoms in total. The minimum atomic E-state index is -5.67. The van der Waals surface area contributed by atoms with Crippen LogP contribution in [0.15, 0.2) is 0 Å². The molecule has 0 aromatic heterocycles. The molecule has 0 radical (unpaired) electrons. The third kappa shape index (κ3) is 17.7. The van der Waals surface area contributed by atoms with Gasteiger partial charge in [0.2, 0.25) is 0 Å². The molecule has 0 saturated heterocycles. The molecule has 0 N–H and O–H groups in total. The van der Waals surface area contributed by atoms with Crippen LogP contribution < -0.4 is 0 Å². The van der Waals surface area contributed by atoms with Gasteiger partial charge in [-0.15, -0.1) is 0 Å². The Balaban J connectivity index is 0.000000187. The van der Waals surface area contributed by atoms with Crippen molar-refractivity contribution in [2.75, 3.05) is 0 Å². The third-order valence-corrected chi connectivity index (χ3v) is 1.50. The molecule has 0 atom stereocenters. The highest BCUT2D eigenvalue weighted by molar-refractivity contribution is 7.81. The zero-order valence-corrected chi connectivity index (χ0v) is 7.04. The maximum Gasteiger partial charge on any atom is 0.476 e. The first-order chi connectivity index (χ1) is 5.00. The quantitative estimate of drug-likeness (QED) is 0.545. The van der Waals surface area contributed by atoms with Crippen molar-refractivity contribution in [2.24, 2.45) is 0 Å². The SMILES string of the molecule is C1CCCCC1.O=S(=O)(F)F. The lowest BCUT2D eigenvalue weighted by Crippen LogP contribution is -1.85. The molecule has 0 aliphatic heterocycles. The van der Waals surface area contributed by atoms with Crippen LogP contribution >= 0.6 is 0 Å². The van der Waals surface area contributed by atoms with E-state index in [2.05, 4.69) is 0 Å². The maximum absolute atomic E-state index is 9.99. The summed E-state index contributed by atoms with van der Waals surface area (Å²) in [7, 11) is -5.67. The molecule has 0 aromatic rings. The highest BCUT2D eigenvalue weighted by atomic mass is 32.3. The lowest BCUT2D eigenvalue weighted by Gasteiger charge is -2.05. The number of hydrogen-bond donors (Lipinski definition) is 0. The van der Waals surface area contributed by atoms with Gasteiger partial charge in [0.05, 0.1) is 0 Å². The minimum absolute atomic E-state index is 1.50. The second kappa shape index (κ2) is 5.46. The molecule has 1 saturated carbocycles. The molecule has 68 valence electrons. The van der Waals surface area contributed by atoms with Crippen molar-refractivity contribution < 1.29 is 16.2 Å². The Morgan fingerprint density at radius 3 is 0.909 bits per heavy atom. The lowest BCUT2D eigenvalue weighted by atomic mass is 10.0. The highest BCUT2D eigenvalue weighted by Crippen LogP contribution is 2.15. The topological polar surface area (TPSA) is 34.1 Å². The summed E-state index contributed by atoms with van der Waals surface area (Å²) in [6.07, 6.45) is 9.00. The normalized spacial score (nSPS) is 18.4. The van der Waals surface area contributed by atoms with Crippen LogP contribution in [0.5, 0.6) is 0 Å². The fraction of sp³-hybridized carbons (Fsp3) is 1.00. The predicted octanol–water partition coefficient (Wildman–Crippen LogP) is 2.51. The molecule has 0 bridgehead atoms. The Morgan fingerprint density at radius 1 is 0.727 bits per heavy atom. The van der Waals surface area contributed by atoms with Crippen LogP contribution in [-0.4, -0.2) is 8.42 Å². The van der Waals surface area contributed by atoms with Crippen molar-refractivity contribution in [3.63, 3.8) is 0 Å². The van der Waals surface area contributed by atoms with Crippen LogP contribution in [0.4, 0.5) is 7.77 Å². The predicted molar refractivity (Wildman–Crippen MR) is 38.8 cm³/mol. The zero-order valence-electron chi connectivity index (χ0n) is 6.22. The average molecular weight is 186 g/mol. The summed E-state index contributed by atoms with van der Waals surface area (Å²) in [5.41, 5.74) is 0. The summed E-state index contributed by atoms with van der Waals surface area (Å²) >= 11 is 0. The van der Waals surface area contributed by atoms with Crippen molar-refractivity contribution in [3.8, 4) is 0 Å². The van der Waals surface area contributed by atoms with E-state index in [-0.39, 0.29) is 0 Å². The van der Waals surface area contributed by atoms with Crippen LogP contribution in [0.3, 0.4) is 0 Å². The molecule has 0 amide bonds. The molecular formula is C6H12F2O2S. The maximum atomic E-state index is 9.99. The Morgan fingerprint density at radius 2 is 0.818 bits per heavy atom. The van der Waals surface area contributed by atoms with Gasteiger partial charge in [-0.2, -0.15) is 8.42 Å². The number of hydrogen-bond acceptors (Lipinski definition) is 2. The number of halogens is 2. The van der Waals surface area contributed by atoms with E-state index in [1.165, 1.54) is 38.5 Å². The van der Waals surface area contributed by atoms with E-state index < -0.39 is 10.6 Å². The molecule has 0 unspecified atom stereocenters. The first-order valence-electron chi connectivity index (χ1n) is 3.64. The van der Waals surface area contributed by atoms with Crippen molar-refractivity contribution in [1.29, 1.82) is 0 Å². The van der Waals surface area contributed by atoms with E-state index in [0.29, 0.717) is 0 Å². The molecule has 0 heterocycles. The molecule has 1 aliphatic rings. The van der Waals surface area contributed by atoms with Crippen LogP contribution in [0.25, 0.3) is 0 Å². The van der Waals surface area contributed by atoms with Gasteiger partial charge in [0.1, 0.15) is 0 Å². The number of rotatable bonds is 0. The summed E-state index contributed by atoms with van der Waals surface area (Å²) in [5.74, 6) is 0. The molecule has 0 spiro atoms. The van der Waals surface area contributed by atoms with Gasteiger partial charge in [-0.3, -0.25) is 0 Å². The summed E-state index contributed by atoms with van der Waals surface area (Å²) in [6.45, 7) is 0. The molecule has 1 fully saturated rings. The second-order valence-electron chi connectivity index (χ2n) is 2.50. The van der Waals surface area contributed by atoms with Crippen LogP contribution in [-0.2, 0) is 10.6 Å². The molecular weight excluding hydrogens is 174 g/mol. The van der Waals surface area contributed by atoms with Crippen molar-refractivity contribution in [1.82, 2.24) is 0 Å². The van der Waals surface area contributed by atoms with E-state index in [4.69, 9.17) is 8.42 Å². The summed E-state index contributed by atoms with van der Waals surface area (Å²) < 4.78 is 36.6. The zero-order chi connectivity index (χ0) is 8.74. The van der Waals surface area contributed by atoms with E-state index in [0.717, 1.165) is 0 Å². The first-order valence-corrected chi connectivity index (χ1v) is 4.93. The molecule has 0 aromatic carbocycles. The molecule has 5 heteroatoms. The van der Waals surface area contributed by atoms with Gasteiger partial charge >= 0.3 is 10.6 Å². The van der Waals surface area contributed by atoms with Gasteiger partial charge in [-0.05, 0) is 0 Å². The standard InChI is InChI=1S/C6H12.F2O2S/c1-2-4-6-5-3-1;1-5(2,3)4/h1-6H2;. The molecule has 1 aliphatic carbocycles. The average Bonchev–Trinajstić information content (AvgIpc) is 1.88. The molecule has 11 heavy (non-hydrogen) atoms. The fourth-order valence-corrected chi connectivity index (χ4v) is 1.06. The monoisotopic (exact) mass is 186 g/mol. The van der Waals surface area contributed by atoms with Crippen LogP contribution in [0.1, 0.15) is 38.5 Å². The van der Waals surface area contributed by atoms with E-state index in [1.807, 2.05) is 0 Å². The van der Waals surface area contributed by atoms with E-state index >= 15 is 0 Å². The Bertz CT molecular complexity index is 154. The second-order valence-corrected chi connectivity index (χ2v) is 3.26. The van der Waals surface area contributed by atoms with Gasteiger partial charge in [-0.1, -0.05) is 46.3 Å². The van der Waals surface area contributed by atoms with E-state index in [9.17, 15) is 7.77 Å². The van der Waals surface area contributed by atoms with E-state index in [1.54, 1.807) is 0 Å². The smallest absolute Gasteiger partial charge is 0.160 e. The van der Waals surface area contributed by atoms with Gasteiger partial charge in [0.25, 0.3) is 0 Å². The third-order valence-electron chi connectivity index (χ3n) is 1.50. The Labute approximate surface area is 66.1 Å². The van der Waals surface area contributed by atoms with Gasteiger partial charge in [0, 0.05) is 0 Å². The van der Waals surface area contributed by atoms with Crippen molar-refractivity contribution >= 4 is 10.6 Å². The van der Waals surface area contributed by atoms with Crippen molar-refractivity contribution in [2.45, 2.75) is 38.5 Å². The lowest BCUT2D eigenvalue weighted by molar-refractivity contribution is 0.501. The fourth-order valence-electron chi connectivity index (χ4n) is 1.06. The van der Waals surface area contributed by atoms with Crippen molar-refractivity contribution in [3.05, 3.63) is 0 Å².